The zero-order valence-corrected chi connectivity index (χ0v) is 28.1. The molecule has 0 saturated heterocycles. The first-order chi connectivity index (χ1) is 21.9. The van der Waals surface area contributed by atoms with Gasteiger partial charge in [-0.1, -0.05) is 84.5 Å². The number of ether oxygens (including phenoxy) is 1. The molecule has 1 rings (SSSR count). The van der Waals surface area contributed by atoms with E-state index in [1.54, 1.807) is 0 Å². The number of nitrogen functional groups attached to an aromatic ring is 1. The highest BCUT2D eigenvalue weighted by atomic mass is 16.6. The van der Waals surface area contributed by atoms with E-state index >= 15 is 0 Å². The third kappa shape index (κ3) is 21.6. The Morgan fingerprint density at radius 1 is 0.844 bits per heavy atom. The van der Waals surface area contributed by atoms with Gasteiger partial charge in [-0.3, -0.25) is 25.3 Å². The maximum absolute atomic E-state index is 12.3. The second-order valence-corrected chi connectivity index (χ2v) is 12.0. The average molecular weight is 639 g/mol. The Morgan fingerprint density at radius 3 is 2.00 bits per heavy atom. The number of esters is 1. The van der Waals surface area contributed by atoms with Crippen LogP contribution in [-0.4, -0.2) is 75.6 Å². The maximum atomic E-state index is 12.3. The number of hydroxylamine groups is 1. The fourth-order valence-electron chi connectivity index (χ4n) is 5.36. The van der Waals surface area contributed by atoms with Crippen molar-refractivity contribution in [2.24, 2.45) is 4.99 Å². The van der Waals surface area contributed by atoms with Gasteiger partial charge >= 0.3 is 11.9 Å². The van der Waals surface area contributed by atoms with Crippen LogP contribution >= 0.6 is 0 Å². The van der Waals surface area contributed by atoms with Gasteiger partial charge in [-0.2, -0.15) is 0 Å². The van der Waals surface area contributed by atoms with Gasteiger partial charge in [0.25, 0.3) is 0 Å². The molecular formula is C33H62N6O6. The predicted octanol–water partition coefficient (Wildman–Crippen LogP) is 6.91. The van der Waals surface area contributed by atoms with Crippen molar-refractivity contribution in [1.82, 2.24) is 20.7 Å². The minimum Gasteiger partial charge on any atom is -0.481 e. The first-order valence-corrected chi connectivity index (χ1v) is 17.6. The van der Waals surface area contributed by atoms with Gasteiger partial charge in [-0.15, -0.1) is 0 Å². The van der Waals surface area contributed by atoms with Crippen molar-refractivity contribution in [3.63, 3.8) is 0 Å². The summed E-state index contributed by atoms with van der Waals surface area (Å²) in [6.45, 7) is 7.66. The highest BCUT2D eigenvalue weighted by molar-refractivity contribution is 5.99. The van der Waals surface area contributed by atoms with Crippen LogP contribution in [-0.2, 0) is 14.3 Å². The van der Waals surface area contributed by atoms with Gasteiger partial charge in [0.05, 0.1) is 0 Å². The average Bonchev–Trinajstić information content (AvgIpc) is 3.45. The first kappa shape index (κ1) is 40.3. The number of carbonyl (C=O) groups is 2. The molecule has 45 heavy (non-hydrogen) atoms. The molecule has 12 nitrogen and oxygen atoms in total. The van der Waals surface area contributed by atoms with Crippen LogP contribution in [0, 0.1) is 0 Å². The fourth-order valence-corrected chi connectivity index (χ4v) is 5.36. The van der Waals surface area contributed by atoms with Crippen molar-refractivity contribution in [2.75, 3.05) is 31.9 Å². The van der Waals surface area contributed by atoms with Crippen LogP contribution in [0.4, 0.5) is 5.82 Å². The molecule has 0 aliphatic rings. The normalized spacial score (nSPS) is 12.5. The number of nitrogens with one attached hydrogen (secondary N) is 1. The number of rotatable bonds is 30. The molecule has 12 heteroatoms. The quantitative estimate of drug-likeness (QED) is 0.0226. The van der Waals surface area contributed by atoms with Crippen LogP contribution in [0.2, 0.25) is 0 Å². The molecule has 0 aliphatic heterocycles. The molecule has 0 bridgehead atoms. The number of carboxylic acid groups (broad SMARTS) is 1. The lowest BCUT2D eigenvalue weighted by Gasteiger charge is -2.22. The predicted molar refractivity (Wildman–Crippen MR) is 177 cm³/mol. The zero-order valence-electron chi connectivity index (χ0n) is 28.1. The Balaban J connectivity index is 2.31. The molecule has 0 radical (unpaired) electrons. The smallest absolute Gasteiger partial charge is 0.306 e. The van der Waals surface area contributed by atoms with Gasteiger partial charge in [0.15, 0.2) is 17.3 Å². The summed E-state index contributed by atoms with van der Waals surface area (Å²) in [5, 5.41) is 25.4. The number of hydrogen-bond acceptors (Lipinski definition) is 10. The van der Waals surface area contributed by atoms with Crippen LogP contribution < -0.4 is 11.2 Å². The van der Waals surface area contributed by atoms with Crippen molar-refractivity contribution >= 4 is 23.6 Å². The van der Waals surface area contributed by atoms with Crippen LogP contribution in [0.5, 0.6) is 0 Å². The number of amidine groups is 1. The van der Waals surface area contributed by atoms with E-state index in [0.717, 1.165) is 110 Å². The molecule has 0 amide bonds. The van der Waals surface area contributed by atoms with Crippen molar-refractivity contribution in [3.8, 4) is 0 Å². The van der Waals surface area contributed by atoms with Crippen LogP contribution in [0.1, 0.15) is 154 Å². The van der Waals surface area contributed by atoms with Gasteiger partial charge in [-0.25, -0.2) is 4.63 Å². The number of unbranched alkanes of at least 4 members (excludes halogenated alkanes) is 13. The summed E-state index contributed by atoms with van der Waals surface area (Å²) in [6.07, 6.45) is 21.1. The number of anilines is 1. The monoisotopic (exact) mass is 638 g/mol. The minimum absolute atomic E-state index is 0.0494. The highest BCUT2D eigenvalue weighted by Gasteiger charge is 2.14. The first-order valence-electron chi connectivity index (χ1n) is 17.6. The Kier molecular flexibility index (Phi) is 24.7. The number of nitrogens with two attached hydrogens (primary N) is 1. The molecule has 0 spiro atoms. The van der Waals surface area contributed by atoms with E-state index in [4.69, 9.17) is 15.6 Å². The third-order valence-electron chi connectivity index (χ3n) is 8.10. The van der Waals surface area contributed by atoms with Gasteiger partial charge in [-0.05, 0) is 81.3 Å². The molecule has 260 valence electrons. The summed E-state index contributed by atoms with van der Waals surface area (Å²) in [7, 11) is 0. The Labute approximate surface area is 270 Å². The zero-order chi connectivity index (χ0) is 33.0. The molecule has 0 aliphatic carbocycles. The Bertz CT molecular complexity index is 912. The standard InChI is InChI=1S/C33H62N6O6/c1-3-5-6-7-10-15-21-28(4-2)44-30(42)23-17-12-9-14-19-26-39(25-18-13-8-11-16-22-29(40)41)27-20-24-35-33(36-43)31-32(34)38-45-37-31/h28,43H,3-27H2,1-2H3,(H2,34,38)(H,35,36)(H,40,41). The van der Waals surface area contributed by atoms with Crippen molar-refractivity contribution in [3.05, 3.63) is 5.69 Å². The van der Waals surface area contributed by atoms with E-state index in [1.807, 2.05) is 5.48 Å². The highest BCUT2D eigenvalue weighted by Crippen LogP contribution is 2.15. The number of nitrogens with zero attached hydrogens (tertiary/aromatic N) is 4. The molecular weight excluding hydrogens is 576 g/mol. The van der Waals surface area contributed by atoms with E-state index in [2.05, 4.69) is 38.7 Å². The number of hydrogen-bond donors (Lipinski definition) is 4. The summed E-state index contributed by atoms with van der Waals surface area (Å²) in [5.41, 5.74) is 7.90. The lowest BCUT2D eigenvalue weighted by molar-refractivity contribution is -0.149. The summed E-state index contributed by atoms with van der Waals surface area (Å²) < 4.78 is 10.3. The van der Waals surface area contributed by atoms with E-state index < -0.39 is 5.97 Å². The van der Waals surface area contributed by atoms with Crippen LogP contribution in [0.25, 0.3) is 0 Å². The van der Waals surface area contributed by atoms with Crippen LogP contribution in [0.15, 0.2) is 9.62 Å². The molecule has 0 fully saturated rings. The van der Waals surface area contributed by atoms with Crippen LogP contribution in [0.3, 0.4) is 0 Å². The number of aliphatic imine (C=N–C) groups is 1. The molecule has 1 heterocycles. The Morgan fingerprint density at radius 2 is 1.42 bits per heavy atom. The van der Waals surface area contributed by atoms with Gasteiger partial charge < -0.3 is 20.5 Å². The van der Waals surface area contributed by atoms with E-state index in [0.29, 0.717) is 13.0 Å². The molecule has 1 aromatic rings. The largest absolute Gasteiger partial charge is 0.481 e. The fraction of sp³-hybridized carbons (Fsp3) is 0.848. The van der Waals surface area contributed by atoms with Crippen molar-refractivity contribution < 1.29 is 29.3 Å². The van der Waals surface area contributed by atoms with Gasteiger partial charge in [0, 0.05) is 19.4 Å². The van der Waals surface area contributed by atoms with E-state index in [1.165, 1.54) is 32.1 Å². The molecule has 0 saturated carbocycles. The molecule has 1 atom stereocenters. The lowest BCUT2D eigenvalue weighted by atomic mass is 10.1. The topological polar surface area (TPSA) is 176 Å². The van der Waals surface area contributed by atoms with Gasteiger partial charge in [0.2, 0.25) is 0 Å². The molecule has 1 aromatic heterocycles. The summed E-state index contributed by atoms with van der Waals surface area (Å²) >= 11 is 0. The summed E-state index contributed by atoms with van der Waals surface area (Å²) in [6, 6.07) is 0. The summed E-state index contributed by atoms with van der Waals surface area (Å²) in [4.78, 5) is 29.9. The summed E-state index contributed by atoms with van der Waals surface area (Å²) in [5.74, 6) is -0.583. The van der Waals surface area contributed by atoms with E-state index in [9.17, 15) is 14.8 Å². The van der Waals surface area contributed by atoms with Gasteiger partial charge in [0.1, 0.15) is 6.10 Å². The molecule has 0 aromatic carbocycles. The van der Waals surface area contributed by atoms with Crippen molar-refractivity contribution in [1.29, 1.82) is 0 Å². The number of carboxylic acids is 1. The molecule has 1 unspecified atom stereocenters. The Hall–Kier alpha value is -2.73. The molecule has 5 N–H and O–H groups in total. The second-order valence-electron chi connectivity index (χ2n) is 12.0. The minimum atomic E-state index is -0.727. The maximum Gasteiger partial charge on any atom is 0.306 e. The SMILES string of the molecule is CCCCCCCCC(CC)OC(=O)CCCCCCCN(CCCCCCCC(=O)O)CCCN=C(NO)c1nonc1N. The van der Waals surface area contributed by atoms with E-state index in [-0.39, 0.29) is 35.8 Å². The number of aliphatic carboxylic acids is 1. The second kappa shape index (κ2) is 27.6. The number of aromatic nitrogens is 2. The number of carbonyl (C=O) groups excluding carboxylic acids is 1. The van der Waals surface area contributed by atoms with Crippen molar-refractivity contribution in [2.45, 2.75) is 155 Å². The third-order valence-corrected chi connectivity index (χ3v) is 8.10. The lowest BCUT2D eigenvalue weighted by Crippen LogP contribution is -2.28.